The fourth-order valence-corrected chi connectivity index (χ4v) is 4.19. The Morgan fingerprint density at radius 1 is 0.426 bits per heavy atom. The number of carbonyl (C=O) groups is 8. The van der Waals surface area contributed by atoms with E-state index in [2.05, 4.69) is 14.5 Å². The minimum Gasteiger partial charge on any atom is -0.314 e. The third-order valence-electron chi connectivity index (χ3n) is 6.17. The van der Waals surface area contributed by atoms with E-state index < -0.39 is 115 Å². The predicted octanol–water partition coefficient (Wildman–Crippen LogP) is 3.97. The Balaban J connectivity index is 0.000000216. The lowest BCUT2D eigenvalue weighted by molar-refractivity contribution is -0.121. The van der Waals surface area contributed by atoms with Crippen molar-refractivity contribution in [3.8, 4) is 0 Å². The van der Waals surface area contributed by atoms with Crippen LogP contribution < -0.4 is 0 Å². The van der Waals surface area contributed by atoms with Crippen molar-refractivity contribution < 1.29 is 79.2 Å². The summed E-state index contributed by atoms with van der Waals surface area (Å²) in [4.78, 5) is 106. The largest absolute Gasteiger partial charge is 0.560 e. The molecule has 0 unspecified atom stereocenters. The van der Waals surface area contributed by atoms with E-state index in [0.29, 0.717) is 36.4 Å². The van der Waals surface area contributed by atoms with E-state index in [4.69, 9.17) is 11.6 Å². The Morgan fingerprint density at radius 2 is 0.617 bits per heavy atom. The minimum absolute atomic E-state index is 0.0406. The molecule has 0 aromatic heterocycles. The fourth-order valence-electron chi connectivity index (χ4n) is 4.12. The molecular weight excluding hydrogens is 680 g/mol. The lowest BCUT2D eigenvalue weighted by atomic mass is 10.1. The van der Waals surface area contributed by atoms with Crippen LogP contribution >= 0.6 is 11.6 Å². The number of hydrogen-bond donors (Lipinski definition) is 0. The Morgan fingerprint density at radius 3 is 0.809 bits per heavy atom. The number of hydrogen-bond acceptors (Lipinski definition) is 11. The Labute approximate surface area is 258 Å². The molecule has 3 aliphatic heterocycles. The zero-order valence-corrected chi connectivity index (χ0v) is 22.7. The lowest BCUT2D eigenvalue weighted by Gasteiger charge is -2.15. The van der Waals surface area contributed by atoms with Crippen molar-refractivity contribution in [2.75, 3.05) is 0 Å². The molecule has 0 bridgehead atoms. The van der Waals surface area contributed by atoms with Crippen molar-refractivity contribution in [2.45, 2.75) is 0 Å². The van der Waals surface area contributed by atoms with Crippen LogP contribution in [0.15, 0.2) is 36.4 Å². The molecule has 14 nitrogen and oxygen atoms in total. The first-order chi connectivity index (χ1) is 22.0. The van der Waals surface area contributed by atoms with Crippen LogP contribution in [0.4, 0.5) is 35.9 Å². The van der Waals surface area contributed by atoms with Gasteiger partial charge in [-0.1, -0.05) is 15.2 Å². The molecule has 240 valence electrons. The summed E-state index contributed by atoms with van der Waals surface area (Å²) in [6, 6.07) is 2.74. The number of hydroxylamine groups is 6. The highest BCUT2D eigenvalue weighted by Gasteiger charge is 2.44. The second-order valence-corrected chi connectivity index (χ2v) is 9.22. The van der Waals surface area contributed by atoms with E-state index in [-0.39, 0.29) is 15.2 Å². The van der Waals surface area contributed by atoms with E-state index >= 15 is 0 Å². The molecule has 0 fully saturated rings. The Hall–Kier alpha value is -6.31. The van der Waals surface area contributed by atoms with E-state index in [1.807, 2.05) is 0 Å². The molecule has 47 heavy (non-hydrogen) atoms. The molecule has 3 aromatic carbocycles. The number of rotatable bonds is 3. The third-order valence-corrected chi connectivity index (χ3v) is 6.23. The van der Waals surface area contributed by atoms with Crippen molar-refractivity contribution in [1.82, 2.24) is 15.2 Å². The summed E-state index contributed by atoms with van der Waals surface area (Å²) in [6.45, 7) is 0. The molecule has 0 saturated heterocycles. The summed E-state index contributed by atoms with van der Waals surface area (Å²) >= 11 is 4.84. The van der Waals surface area contributed by atoms with Gasteiger partial charge in [0.15, 0.2) is 34.9 Å². The summed E-state index contributed by atoms with van der Waals surface area (Å²) in [5.74, 6) is -15.9. The number of nitrogens with zero attached hydrogens (tertiary/aromatic N) is 3. The van der Waals surface area contributed by atoms with Crippen LogP contribution in [-0.2, 0) is 14.5 Å². The van der Waals surface area contributed by atoms with Gasteiger partial charge >= 0.3 is 11.6 Å². The average molecular weight is 686 g/mol. The fraction of sp³-hybridized carbons (Fsp3) is 0. The number of halogens is 7. The van der Waals surface area contributed by atoms with E-state index in [0.717, 1.165) is 0 Å². The summed E-state index contributed by atoms with van der Waals surface area (Å²) < 4.78 is 78.9. The van der Waals surface area contributed by atoms with E-state index in [9.17, 15) is 64.7 Å². The van der Waals surface area contributed by atoms with Crippen LogP contribution in [0.1, 0.15) is 62.1 Å². The van der Waals surface area contributed by atoms with Gasteiger partial charge in [0.25, 0.3) is 35.4 Å². The topological polar surface area (TPSA) is 174 Å². The van der Waals surface area contributed by atoms with Crippen LogP contribution in [0.2, 0.25) is 0 Å². The van der Waals surface area contributed by atoms with Gasteiger partial charge in [0.1, 0.15) is 0 Å². The zero-order chi connectivity index (χ0) is 34.6. The van der Waals surface area contributed by atoms with Gasteiger partial charge < -0.3 is 4.84 Å². The average Bonchev–Trinajstić information content (AvgIpc) is 3.46. The first-order valence-electron chi connectivity index (χ1n) is 11.9. The standard InChI is InChI=1S/C17H4F4N2O7.C9H2ClF2NO4/c18-9-1-5-6(2-10(9)19)14(25)22(13(5)24)29-17(28)30-23-15(26)7-3-11(20)12(21)4-8(7)16(23)27;10-9(16)17-13-7(14)3-1-5(11)6(12)2-4(3)8(13)15/h1-4H;1-2H. The lowest BCUT2D eigenvalue weighted by Crippen LogP contribution is -2.38. The maximum atomic E-state index is 13.3. The van der Waals surface area contributed by atoms with Gasteiger partial charge in [-0.05, 0) is 36.4 Å². The summed E-state index contributed by atoms with van der Waals surface area (Å²) in [6.07, 6.45) is -1.94. The highest BCUT2D eigenvalue weighted by Crippen LogP contribution is 2.29. The molecule has 6 amide bonds. The van der Waals surface area contributed by atoms with Crippen LogP contribution in [0, 0.1) is 34.9 Å². The smallest absolute Gasteiger partial charge is 0.314 e. The molecule has 3 heterocycles. The number of imide groups is 3. The molecule has 0 spiro atoms. The molecule has 0 atom stereocenters. The maximum Gasteiger partial charge on any atom is 0.560 e. The molecule has 3 aromatic rings. The van der Waals surface area contributed by atoms with Gasteiger partial charge in [-0.2, -0.15) is 4.79 Å². The maximum absolute atomic E-state index is 13.3. The first-order valence-corrected chi connectivity index (χ1v) is 12.3. The van der Waals surface area contributed by atoms with E-state index in [1.54, 1.807) is 0 Å². The number of carbonyl (C=O) groups excluding carboxylic acids is 8. The van der Waals surface area contributed by atoms with Crippen LogP contribution in [0.3, 0.4) is 0 Å². The van der Waals surface area contributed by atoms with Crippen LogP contribution in [-0.4, -0.2) is 62.2 Å². The highest BCUT2D eigenvalue weighted by molar-refractivity contribution is 6.61. The molecule has 6 rings (SSSR count). The van der Waals surface area contributed by atoms with Crippen molar-refractivity contribution in [2.24, 2.45) is 0 Å². The number of fused-ring (bicyclic) bond motifs is 3. The van der Waals surface area contributed by atoms with E-state index in [1.165, 1.54) is 0 Å². The van der Waals surface area contributed by atoms with Gasteiger partial charge in [-0.15, -0.1) is 0 Å². The molecule has 0 N–H and O–H groups in total. The second-order valence-electron chi connectivity index (χ2n) is 8.91. The summed E-state index contributed by atoms with van der Waals surface area (Å²) in [5, 5.41) is -0.369. The predicted molar refractivity (Wildman–Crippen MR) is 130 cm³/mol. The van der Waals surface area contributed by atoms with Crippen molar-refractivity contribution in [3.63, 3.8) is 0 Å². The van der Waals surface area contributed by atoms with Gasteiger partial charge in [-0.3, -0.25) is 38.4 Å². The summed E-state index contributed by atoms with van der Waals surface area (Å²) in [7, 11) is 0. The minimum atomic E-state index is -1.94. The second kappa shape index (κ2) is 11.6. The molecule has 0 saturated carbocycles. The Kier molecular flexibility index (Phi) is 7.89. The number of amides is 6. The molecule has 3 aliphatic rings. The first kappa shape index (κ1) is 32.1. The third kappa shape index (κ3) is 5.45. The van der Waals surface area contributed by atoms with Crippen molar-refractivity contribution in [1.29, 1.82) is 0 Å². The zero-order valence-electron chi connectivity index (χ0n) is 21.9. The van der Waals surface area contributed by atoms with Crippen LogP contribution in [0.5, 0.6) is 0 Å². The SMILES string of the molecule is O=C(Cl)ON1C(=O)c2cc(F)c(F)cc2C1=O.O=C(ON1C(=O)c2cc(F)c(F)cc2C1=O)ON1C(=O)c2cc(F)c(F)cc2C1=O. The molecule has 0 radical (unpaired) electrons. The normalized spacial score (nSPS) is 14.6. The monoisotopic (exact) mass is 685 g/mol. The van der Waals surface area contributed by atoms with Crippen molar-refractivity contribution in [3.05, 3.63) is 105 Å². The molecule has 21 heteroatoms. The molecule has 0 aliphatic carbocycles. The van der Waals surface area contributed by atoms with Gasteiger partial charge in [0.05, 0.1) is 33.4 Å². The Bertz CT molecular complexity index is 1830. The van der Waals surface area contributed by atoms with Gasteiger partial charge in [-0.25, -0.2) is 31.1 Å². The van der Waals surface area contributed by atoms with Gasteiger partial charge in [0.2, 0.25) is 0 Å². The van der Waals surface area contributed by atoms with Crippen molar-refractivity contribution >= 4 is 58.6 Å². The quantitative estimate of drug-likeness (QED) is 0.222. The highest BCUT2D eigenvalue weighted by atomic mass is 35.5. The van der Waals surface area contributed by atoms with Gasteiger partial charge in [0, 0.05) is 11.6 Å². The number of benzene rings is 3. The molecular formula is C26H6ClF6N3O11. The van der Waals surface area contributed by atoms with Crippen LogP contribution in [0.25, 0.3) is 0 Å². The summed E-state index contributed by atoms with van der Waals surface area (Å²) in [5.41, 5.74) is -4.66.